The molecule has 1 heterocycles. The maximum Gasteiger partial charge on any atom is 0.0245 e. The lowest BCUT2D eigenvalue weighted by molar-refractivity contribution is 0.232. The first-order valence-corrected chi connectivity index (χ1v) is 7.08. The molecular weight excluding hydrogens is 194 g/mol. The molecule has 1 unspecified atom stereocenters. The molecule has 0 N–H and O–H groups in total. The summed E-state index contributed by atoms with van der Waals surface area (Å²) >= 11 is 0. The van der Waals surface area contributed by atoms with E-state index in [2.05, 4.69) is 30.6 Å². The van der Waals surface area contributed by atoms with E-state index in [4.69, 9.17) is 0 Å². The van der Waals surface area contributed by atoms with E-state index in [1.54, 1.807) is 0 Å². The quantitative estimate of drug-likeness (QED) is 0.486. The highest BCUT2D eigenvalue weighted by Crippen LogP contribution is 2.17. The first kappa shape index (κ1) is 13.6. The average Bonchev–Trinajstić information content (AvgIpc) is 2.81. The van der Waals surface area contributed by atoms with E-state index in [1.165, 1.54) is 51.6 Å². The minimum absolute atomic E-state index is 0.738. The van der Waals surface area contributed by atoms with E-state index < -0.39 is 0 Å². The van der Waals surface area contributed by atoms with Gasteiger partial charge in [-0.15, -0.1) is 11.8 Å². The predicted molar refractivity (Wildman–Crippen MR) is 71.4 cm³/mol. The van der Waals surface area contributed by atoms with Gasteiger partial charge in [0.15, 0.2) is 0 Å². The molecule has 92 valence electrons. The lowest BCUT2D eigenvalue weighted by atomic mass is 10.1. The molecule has 1 rings (SSSR count). The number of unbranched alkanes of at least 4 members (excludes halogenated alkanes) is 2. The van der Waals surface area contributed by atoms with Crippen molar-refractivity contribution in [3.05, 3.63) is 0 Å². The highest BCUT2D eigenvalue weighted by Gasteiger charge is 2.19. The van der Waals surface area contributed by atoms with Crippen LogP contribution in [-0.2, 0) is 0 Å². The van der Waals surface area contributed by atoms with Crippen LogP contribution in [0.25, 0.3) is 0 Å². The van der Waals surface area contributed by atoms with Crippen molar-refractivity contribution in [2.24, 2.45) is 0 Å². The van der Waals surface area contributed by atoms with Gasteiger partial charge in [0.25, 0.3) is 0 Å². The third kappa shape index (κ3) is 5.03. The van der Waals surface area contributed by atoms with Gasteiger partial charge in [0.1, 0.15) is 0 Å². The normalized spacial score (nSPS) is 18.1. The van der Waals surface area contributed by atoms with Crippen LogP contribution in [0.1, 0.15) is 65.2 Å². The molecule has 0 radical (unpaired) electrons. The van der Waals surface area contributed by atoms with E-state index in [0.29, 0.717) is 0 Å². The lowest BCUT2D eigenvalue weighted by Crippen LogP contribution is -2.32. The maximum atomic E-state index is 3.39. The first-order valence-electron chi connectivity index (χ1n) is 7.08. The van der Waals surface area contributed by atoms with Crippen LogP contribution in [0.3, 0.4) is 0 Å². The Balaban J connectivity index is 2.28. The van der Waals surface area contributed by atoms with Crippen molar-refractivity contribution >= 4 is 0 Å². The van der Waals surface area contributed by atoms with Gasteiger partial charge in [-0.05, 0) is 38.8 Å². The Labute approximate surface area is 102 Å². The van der Waals surface area contributed by atoms with Crippen LogP contribution in [0, 0.1) is 11.8 Å². The van der Waals surface area contributed by atoms with Crippen molar-refractivity contribution in [2.45, 2.75) is 71.3 Å². The van der Waals surface area contributed by atoms with Crippen molar-refractivity contribution in [3.8, 4) is 11.8 Å². The molecule has 1 aliphatic heterocycles. The summed E-state index contributed by atoms with van der Waals surface area (Å²) < 4.78 is 0. The van der Waals surface area contributed by atoms with Crippen LogP contribution < -0.4 is 0 Å². The molecule has 0 saturated carbocycles. The Morgan fingerprint density at radius 1 is 1.06 bits per heavy atom. The molecule has 0 bridgehead atoms. The van der Waals surface area contributed by atoms with E-state index in [9.17, 15) is 0 Å². The monoisotopic (exact) mass is 221 g/mol. The second-order valence-corrected chi connectivity index (χ2v) is 4.85. The summed E-state index contributed by atoms with van der Waals surface area (Å²) in [4.78, 5) is 2.65. The topological polar surface area (TPSA) is 3.24 Å². The molecule has 1 heteroatoms. The van der Waals surface area contributed by atoms with Gasteiger partial charge in [-0.2, -0.15) is 0 Å². The van der Waals surface area contributed by atoms with E-state index in [-0.39, 0.29) is 0 Å². The van der Waals surface area contributed by atoms with E-state index >= 15 is 0 Å². The third-order valence-corrected chi connectivity index (χ3v) is 3.40. The molecule has 0 spiro atoms. The van der Waals surface area contributed by atoms with Gasteiger partial charge in [-0.3, -0.25) is 4.90 Å². The Morgan fingerprint density at radius 3 is 2.44 bits per heavy atom. The first-order chi connectivity index (χ1) is 7.88. The van der Waals surface area contributed by atoms with Gasteiger partial charge in [0.05, 0.1) is 0 Å². The predicted octanol–water partition coefficient (Wildman–Crippen LogP) is 3.83. The standard InChI is InChI=1S/C15H27N/c1-3-5-6-7-8-12-15(11-4-2)16-13-9-10-14-16/h15H,3-6,9-14H2,1-2H3. The molecule has 1 saturated heterocycles. The van der Waals surface area contributed by atoms with Crippen molar-refractivity contribution in [2.75, 3.05) is 13.1 Å². The SMILES string of the molecule is CCCCC#CCC(CCC)N1CCCC1. The van der Waals surface area contributed by atoms with Crippen molar-refractivity contribution in [1.82, 2.24) is 4.90 Å². The van der Waals surface area contributed by atoms with Crippen LogP contribution in [-0.4, -0.2) is 24.0 Å². The number of rotatable bonds is 6. The lowest BCUT2D eigenvalue weighted by Gasteiger charge is -2.25. The fourth-order valence-corrected chi connectivity index (χ4v) is 2.40. The van der Waals surface area contributed by atoms with E-state index in [0.717, 1.165) is 18.9 Å². The molecule has 0 aliphatic carbocycles. The summed E-state index contributed by atoms with van der Waals surface area (Å²) in [5.41, 5.74) is 0. The summed E-state index contributed by atoms with van der Waals surface area (Å²) in [5.74, 6) is 6.71. The molecule has 1 atom stereocenters. The highest BCUT2D eigenvalue weighted by atomic mass is 15.2. The van der Waals surface area contributed by atoms with E-state index in [1.807, 2.05) is 0 Å². The second-order valence-electron chi connectivity index (χ2n) is 4.85. The van der Waals surface area contributed by atoms with Gasteiger partial charge in [-0.25, -0.2) is 0 Å². The van der Waals surface area contributed by atoms with Crippen LogP contribution in [0.15, 0.2) is 0 Å². The van der Waals surface area contributed by atoms with Crippen LogP contribution in [0.2, 0.25) is 0 Å². The zero-order valence-electron chi connectivity index (χ0n) is 11.1. The van der Waals surface area contributed by atoms with Crippen LogP contribution in [0.5, 0.6) is 0 Å². The molecule has 1 nitrogen and oxygen atoms in total. The van der Waals surface area contributed by atoms with Gasteiger partial charge < -0.3 is 0 Å². The summed E-state index contributed by atoms with van der Waals surface area (Å²) in [6, 6.07) is 0.738. The van der Waals surface area contributed by atoms with Crippen molar-refractivity contribution in [3.63, 3.8) is 0 Å². The van der Waals surface area contributed by atoms with Crippen LogP contribution >= 0.6 is 0 Å². The van der Waals surface area contributed by atoms with Crippen molar-refractivity contribution in [1.29, 1.82) is 0 Å². The number of hydrogen-bond acceptors (Lipinski definition) is 1. The number of likely N-dealkylation sites (tertiary alicyclic amines) is 1. The molecule has 0 amide bonds. The number of nitrogens with zero attached hydrogens (tertiary/aromatic N) is 1. The third-order valence-electron chi connectivity index (χ3n) is 3.40. The van der Waals surface area contributed by atoms with Gasteiger partial charge >= 0.3 is 0 Å². The molecule has 0 aromatic rings. The Morgan fingerprint density at radius 2 is 1.81 bits per heavy atom. The minimum Gasteiger partial charge on any atom is -0.299 e. The average molecular weight is 221 g/mol. The fourth-order valence-electron chi connectivity index (χ4n) is 2.40. The maximum absolute atomic E-state index is 3.39. The number of hydrogen-bond donors (Lipinski definition) is 0. The molecule has 1 fully saturated rings. The molecule has 0 aromatic heterocycles. The van der Waals surface area contributed by atoms with Gasteiger partial charge in [-0.1, -0.05) is 26.7 Å². The Hall–Kier alpha value is -0.480. The summed E-state index contributed by atoms with van der Waals surface area (Å²) in [6.45, 7) is 7.13. The van der Waals surface area contributed by atoms with Gasteiger partial charge in [0.2, 0.25) is 0 Å². The summed E-state index contributed by atoms with van der Waals surface area (Å²) in [5, 5.41) is 0. The van der Waals surface area contributed by atoms with Crippen molar-refractivity contribution < 1.29 is 0 Å². The Bertz CT molecular complexity index is 217. The second kappa shape index (κ2) is 8.65. The van der Waals surface area contributed by atoms with Crippen LogP contribution in [0.4, 0.5) is 0 Å². The largest absolute Gasteiger partial charge is 0.299 e. The molecule has 16 heavy (non-hydrogen) atoms. The Kier molecular flexibility index (Phi) is 7.34. The molecule has 0 aromatic carbocycles. The summed E-state index contributed by atoms with van der Waals surface area (Å²) in [7, 11) is 0. The zero-order valence-corrected chi connectivity index (χ0v) is 11.1. The van der Waals surface area contributed by atoms with Gasteiger partial charge in [0, 0.05) is 18.9 Å². The minimum atomic E-state index is 0.738. The fraction of sp³-hybridized carbons (Fsp3) is 0.867. The molecular formula is C15H27N. The smallest absolute Gasteiger partial charge is 0.0245 e. The zero-order chi connectivity index (χ0) is 11.6. The molecule has 1 aliphatic rings. The highest BCUT2D eigenvalue weighted by molar-refractivity contribution is 5.01. The summed E-state index contributed by atoms with van der Waals surface area (Å²) in [6.07, 6.45) is 10.1.